The Morgan fingerprint density at radius 3 is 2.73 bits per heavy atom. The van der Waals surface area contributed by atoms with Crippen LogP contribution in [-0.2, 0) is 11.0 Å². The van der Waals surface area contributed by atoms with Gasteiger partial charge < -0.3 is 10.1 Å². The van der Waals surface area contributed by atoms with Crippen LogP contribution in [0.3, 0.4) is 0 Å². The Balaban J connectivity index is 2.40. The number of alkyl halides is 3. The molecule has 0 unspecified atom stereocenters. The smallest absolute Gasteiger partial charge is 0.417 e. The van der Waals surface area contributed by atoms with Crippen molar-refractivity contribution in [3.8, 4) is 5.75 Å². The van der Waals surface area contributed by atoms with Crippen LogP contribution in [0, 0.1) is 0 Å². The van der Waals surface area contributed by atoms with E-state index < -0.39 is 11.7 Å². The van der Waals surface area contributed by atoms with Gasteiger partial charge in [0.25, 0.3) is 0 Å². The van der Waals surface area contributed by atoms with Gasteiger partial charge >= 0.3 is 6.18 Å². The Labute approximate surface area is 136 Å². The lowest BCUT2D eigenvalue weighted by atomic mass is 10.1. The Morgan fingerprint density at radius 2 is 2.18 bits per heavy atom. The molecule has 0 radical (unpaired) electrons. The number of thioether (sulfide) groups is 1. The predicted octanol–water partition coefficient (Wildman–Crippen LogP) is 3.03. The molecule has 0 spiro atoms. The Kier molecular flexibility index (Phi) is 5.12. The quantitative estimate of drug-likeness (QED) is 0.631. The molecular weight excluding hydrogens is 387 g/mol. The zero-order valence-electron chi connectivity index (χ0n) is 11.1. The fourth-order valence-electron chi connectivity index (χ4n) is 1.67. The standard InChI is InChI=1S/C12H9BrF3N3O2S/c1-21-10-6(4-17-19-11-18-9(20)5-22-11)7(12(14,15)16)2-3-8(10)13/h2-4H,5H2,1H3,(H,18,19,20). The maximum Gasteiger partial charge on any atom is 0.417 e. The number of hydrogen-bond donors (Lipinski definition) is 1. The maximum absolute atomic E-state index is 13.0. The number of carbonyl (C=O) groups excluding carboxylic acids is 1. The van der Waals surface area contributed by atoms with Crippen molar-refractivity contribution >= 4 is 45.0 Å². The number of halogens is 4. The summed E-state index contributed by atoms with van der Waals surface area (Å²) in [5.74, 6) is -0.0145. The molecule has 0 bridgehead atoms. The number of methoxy groups -OCH3 is 1. The summed E-state index contributed by atoms with van der Waals surface area (Å²) in [5, 5.41) is 9.95. The molecule has 1 heterocycles. The van der Waals surface area contributed by atoms with Crippen LogP contribution in [0.15, 0.2) is 26.8 Å². The number of ether oxygens (including phenoxy) is 1. The number of amidine groups is 1. The second-order valence-corrected chi connectivity index (χ2v) is 5.84. The minimum Gasteiger partial charge on any atom is -0.495 e. The van der Waals surface area contributed by atoms with E-state index in [0.29, 0.717) is 4.47 Å². The highest BCUT2D eigenvalue weighted by molar-refractivity contribution is 9.10. The second-order valence-electron chi connectivity index (χ2n) is 4.03. The van der Waals surface area contributed by atoms with Crippen LogP contribution in [0.1, 0.15) is 11.1 Å². The van der Waals surface area contributed by atoms with Gasteiger partial charge in [0.2, 0.25) is 5.91 Å². The van der Waals surface area contributed by atoms with E-state index in [1.165, 1.54) is 13.2 Å². The summed E-state index contributed by atoms with van der Waals surface area (Å²) in [4.78, 5) is 11.0. The summed E-state index contributed by atoms with van der Waals surface area (Å²) < 4.78 is 44.5. The van der Waals surface area contributed by atoms with Crippen molar-refractivity contribution in [1.29, 1.82) is 0 Å². The maximum atomic E-state index is 13.0. The monoisotopic (exact) mass is 395 g/mol. The fraction of sp³-hybridized carbons (Fsp3) is 0.250. The van der Waals surface area contributed by atoms with Crippen molar-refractivity contribution in [1.82, 2.24) is 5.32 Å². The van der Waals surface area contributed by atoms with Gasteiger partial charge in [-0.15, -0.1) is 5.10 Å². The molecule has 1 aliphatic rings. The molecule has 10 heteroatoms. The highest BCUT2D eigenvalue weighted by Gasteiger charge is 2.35. The number of benzene rings is 1. The third kappa shape index (κ3) is 3.80. The SMILES string of the molecule is COc1c(Br)ccc(C(F)(F)F)c1C=NN=C1NC(=O)CS1. The van der Waals surface area contributed by atoms with E-state index in [0.717, 1.165) is 24.0 Å². The van der Waals surface area contributed by atoms with Gasteiger partial charge in [0.05, 0.1) is 34.7 Å². The van der Waals surface area contributed by atoms with E-state index in [1.807, 2.05) is 0 Å². The zero-order chi connectivity index (χ0) is 16.3. The summed E-state index contributed by atoms with van der Waals surface area (Å²) in [6.07, 6.45) is -3.61. The minimum atomic E-state index is -4.56. The number of carbonyl (C=O) groups is 1. The third-order valence-electron chi connectivity index (χ3n) is 2.58. The van der Waals surface area contributed by atoms with E-state index >= 15 is 0 Å². The van der Waals surface area contributed by atoms with E-state index in [2.05, 4.69) is 31.4 Å². The molecular formula is C12H9BrF3N3O2S. The van der Waals surface area contributed by atoms with Crippen molar-refractivity contribution in [2.45, 2.75) is 6.18 Å². The zero-order valence-corrected chi connectivity index (χ0v) is 13.5. The van der Waals surface area contributed by atoms with Crippen molar-refractivity contribution in [2.75, 3.05) is 12.9 Å². The number of rotatable bonds is 3. The van der Waals surface area contributed by atoms with Crippen molar-refractivity contribution in [3.63, 3.8) is 0 Å². The van der Waals surface area contributed by atoms with Crippen LogP contribution < -0.4 is 10.1 Å². The lowest BCUT2D eigenvalue weighted by molar-refractivity contribution is -0.137. The molecule has 1 aromatic rings. The molecule has 0 saturated carbocycles. The first kappa shape index (κ1) is 16.8. The Morgan fingerprint density at radius 1 is 1.45 bits per heavy atom. The molecule has 22 heavy (non-hydrogen) atoms. The van der Waals surface area contributed by atoms with Gasteiger partial charge in [0.15, 0.2) is 5.17 Å². The molecule has 1 amide bonds. The van der Waals surface area contributed by atoms with Gasteiger partial charge in [-0.3, -0.25) is 4.79 Å². The molecule has 5 nitrogen and oxygen atoms in total. The number of hydrogen-bond acceptors (Lipinski definition) is 5. The summed E-state index contributed by atoms with van der Waals surface area (Å²) in [7, 11) is 1.26. The van der Waals surface area contributed by atoms with Gasteiger partial charge in [-0.25, -0.2) is 0 Å². The molecule has 0 atom stereocenters. The second kappa shape index (κ2) is 6.69. The fourth-order valence-corrected chi connectivity index (χ4v) is 2.81. The first-order valence-electron chi connectivity index (χ1n) is 5.80. The molecule has 1 N–H and O–H groups in total. The van der Waals surface area contributed by atoms with E-state index in [9.17, 15) is 18.0 Å². The number of nitrogens with one attached hydrogen (secondary N) is 1. The highest BCUT2D eigenvalue weighted by atomic mass is 79.9. The first-order valence-corrected chi connectivity index (χ1v) is 7.58. The lowest BCUT2D eigenvalue weighted by Crippen LogP contribution is -2.19. The van der Waals surface area contributed by atoms with Crippen LogP contribution in [0.5, 0.6) is 5.75 Å². The largest absolute Gasteiger partial charge is 0.495 e. The van der Waals surface area contributed by atoms with Crippen LogP contribution in [0.25, 0.3) is 0 Å². The molecule has 1 saturated heterocycles. The predicted molar refractivity (Wildman–Crippen MR) is 81.3 cm³/mol. The van der Waals surface area contributed by atoms with E-state index in [1.54, 1.807) is 0 Å². The van der Waals surface area contributed by atoms with Gasteiger partial charge in [0, 0.05) is 0 Å². The topological polar surface area (TPSA) is 63.1 Å². The molecule has 2 rings (SSSR count). The highest BCUT2D eigenvalue weighted by Crippen LogP contribution is 2.38. The number of nitrogens with zero attached hydrogens (tertiary/aromatic N) is 2. The average Bonchev–Trinajstić information content (AvgIpc) is 2.83. The van der Waals surface area contributed by atoms with Crippen LogP contribution in [-0.4, -0.2) is 30.2 Å². The minimum absolute atomic E-state index is 0.00175. The third-order valence-corrected chi connectivity index (χ3v) is 4.07. The average molecular weight is 396 g/mol. The Hall–Kier alpha value is -1.55. The van der Waals surface area contributed by atoms with Gasteiger partial charge in [-0.1, -0.05) is 11.8 Å². The van der Waals surface area contributed by atoms with Crippen LogP contribution >= 0.6 is 27.7 Å². The molecule has 0 aromatic heterocycles. The van der Waals surface area contributed by atoms with Gasteiger partial charge in [0.1, 0.15) is 5.75 Å². The van der Waals surface area contributed by atoms with E-state index in [4.69, 9.17) is 4.74 Å². The van der Waals surface area contributed by atoms with E-state index in [-0.39, 0.29) is 28.1 Å². The summed E-state index contributed by atoms with van der Waals surface area (Å²) in [5.41, 5.74) is -1.14. The summed E-state index contributed by atoms with van der Waals surface area (Å²) in [6.45, 7) is 0. The molecule has 1 aromatic carbocycles. The van der Waals surface area contributed by atoms with Crippen LogP contribution in [0.4, 0.5) is 13.2 Å². The van der Waals surface area contributed by atoms with Crippen molar-refractivity contribution in [2.24, 2.45) is 10.2 Å². The van der Waals surface area contributed by atoms with Crippen molar-refractivity contribution < 1.29 is 22.7 Å². The molecule has 118 valence electrons. The normalized spacial score (nSPS) is 17.3. The summed E-state index contributed by atoms with van der Waals surface area (Å²) in [6, 6.07) is 2.17. The summed E-state index contributed by atoms with van der Waals surface area (Å²) >= 11 is 4.24. The van der Waals surface area contributed by atoms with Gasteiger partial charge in [-0.05, 0) is 28.1 Å². The molecule has 1 aliphatic heterocycles. The molecule has 1 fully saturated rings. The van der Waals surface area contributed by atoms with Gasteiger partial charge in [-0.2, -0.15) is 18.3 Å². The van der Waals surface area contributed by atoms with Crippen molar-refractivity contribution in [3.05, 3.63) is 27.7 Å². The number of amides is 1. The first-order chi connectivity index (χ1) is 10.3. The molecule has 0 aliphatic carbocycles. The lowest BCUT2D eigenvalue weighted by Gasteiger charge is -2.14. The van der Waals surface area contributed by atoms with Crippen LogP contribution in [0.2, 0.25) is 0 Å². The Bertz CT molecular complexity index is 662.